The van der Waals surface area contributed by atoms with Gasteiger partial charge in [-0.3, -0.25) is 0 Å². The molecule has 5 nitrogen and oxygen atoms in total. The Hall–Kier alpha value is -2.82. The molecule has 2 N–H and O–H groups in total. The van der Waals surface area contributed by atoms with Crippen molar-refractivity contribution in [2.24, 2.45) is 5.92 Å². The molecule has 0 spiro atoms. The van der Waals surface area contributed by atoms with E-state index in [4.69, 9.17) is 4.74 Å². The highest BCUT2D eigenvalue weighted by Gasteiger charge is 2.28. The summed E-state index contributed by atoms with van der Waals surface area (Å²) in [4.78, 5) is 23.5. The van der Waals surface area contributed by atoms with Gasteiger partial charge in [0.1, 0.15) is 11.6 Å². The minimum Gasteiger partial charge on any atom is -0.480 e. The zero-order valence-electron chi connectivity index (χ0n) is 16.2. The van der Waals surface area contributed by atoms with Gasteiger partial charge in [0.2, 0.25) is 0 Å². The topological polar surface area (TPSA) is 75.6 Å². The fourth-order valence-electron chi connectivity index (χ4n) is 2.85. The van der Waals surface area contributed by atoms with Crippen LogP contribution in [0, 0.1) is 5.92 Å². The van der Waals surface area contributed by atoms with E-state index >= 15 is 0 Å². The molecule has 0 aliphatic rings. The van der Waals surface area contributed by atoms with E-state index in [1.54, 1.807) is 13.8 Å². The van der Waals surface area contributed by atoms with Gasteiger partial charge in [-0.15, -0.1) is 0 Å². The number of carbonyl (C=O) groups is 2. The zero-order chi connectivity index (χ0) is 20.0. The summed E-state index contributed by atoms with van der Waals surface area (Å²) in [5, 5.41) is 11.7. The molecular weight excluding hydrogens is 342 g/mol. The number of aliphatic carboxylic acids is 1. The van der Waals surface area contributed by atoms with Crippen LogP contribution in [0.15, 0.2) is 54.6 Å². The first-order valence-corrected chi connectivity index (χ1v) is 9.07. The molecule has 144 valence electrons. The van der Waals surface area contributed by atoms with Crippen LogP contribution in [-0.4, -0.2) is 23.2 Å². The SMILES string of the molecule is CC(C)CC(NC(=O)OC(C)(C)c1ccc(-c2ccccc2)cc1)C(=O)O. The van der Waals surface area contributed by atoms with E-state index < -0.39 is 23.7 Å². The lowest BCUT2D eigenvalue weighted by Gasteiger charge is -2.27. The molecule has 0 aliphatic heterocycles. The van der Waals surface area contributed by atoms with Gasteiger partial charge in [0.05, 0.1) is 0 Å². The van der Waals surface area contributed by atoms with Gasteiger partial charge in [-0.1, -0.05) is 68.4 Å². The molecule has 1 unspecified atom stereocenters. The average molecular weight is 369 g/mol. The highest BCUT2D eigenvalue weighted by atomic mass is 16.6. The fourth-order valence-corrected chi connectivity index (χ4v) is 2.85. The Morgan fingerprint density at radius 2 is 1.56 bits per heavy atom. The molecule has 0 fully saturated rings. The van der Waals surface area contributed by atoms with Crippen LogP contribution in [-0.2, 0) is 15.1 Å². The number of benzene rings is 2. The number of rotatable bonds is 7. The van der Waals surface area contributed by atoms with Crippen LogP contribution in [0.3, 0.4) is 0 Å². The molecule has 5 heteroatoms. The molecule has 0 heterocycles. The molecule has 2 aromatic rings. The molecule has 0 aromatic heterocycles. The van der Waals surface area contributed by atoms with Crippen LogP contribution in [0.25, 0.3) is 11.1 Å². The summed E-state index contributed by atoms with van der Waals surface area (Å²) in [6.45, 7) is 7.37. The second-order valence-electron chi connectivity index (χ2n) is 7.51. The Balaban J connectivity index is 2.06. The van der Waals surface area contributed by atoms with Crippen LogP contribution < -0.4 is 5.32 Å². The van der Waals surface area contributed by atoms with E-state index in [9.17, 15) is 14.7 Å². The molecule has 0 bridgehead atoms. The van der Waals surface area contributed by atoms with Gasteiger partial charge in [-0.2, -0.15) is 0 Å². The van der Waals surface area contributed by atoms with Crippen molar-refractivity contribution >= 4 is 12.1 Å². The van der Waals surface area contributed by atoms with Gasteiger partial charge in [0.15, 0.2) is 0 Å². The Morgan fingerprint density at radius 3 is 2.07 bits per heavy atom. The number of carbonyl (C=O) groups excluding carboxylic acids is 1. The van der Waals surface area contributed by atoms with Gasteiger partial charge < -0.3 is 15.2 Å². The zero-order valence-corrected chi connectivity index (χ0v) is 16.2. The van der Waals surface area contributed by atoms with Gasteiger partial charge >= 0.3 is 12.1 Å². The van der Waals surface area contributed by atoms with Crippen LogP contribution >= 0.6 is 0 Å². The average Bonchev–Trinajstić information content (AvgIpc) is 2.61. The third-order valence-corrected chi connectivity index (χ3v) is 4.33. The van der Waals surface area contributed by atoms with E-state index in [0.29, 0.717) is 6.42 Å². The van der Waals surface area contributed by atoms with E-state index in [1.807, 2.05) is 68.4 Å². The van der Waals surface area contributed by atoms with Crippen molar-refractivity contribution in [1.29, 1.82) is 0 Å². The van der Waals surface area contributed by atoms with Gasteiger partial charge in [0.25, 0.3) is 0 Å². The second kappa shape index (κ2) is 8.71. The summed E-state index contributed by atoms with van der Waals surface area (Å²) < 4.78 is 5.52. The molecule has 2 rings (SSSR count). The first-order valence-electron chi connectivity index (χ1n) is 9.07. The van der Waals surface area contributed by atoms with Crippen molar-refractivity contribution in [3.8, 4) is 11.1 Å². The van der Waals surface area contributed by atoms with Crippen molar-refractivity contribution in [1.82, 2.24) is 5.32 Å². The quantitative estimate of drug-likeness (QED) is 0.734. The first kappa shape index (κ1) is 20.5. The van der Waals surface area contributed by atoms with Gasteiger partial charge in [-0.25, -0.2) is 9.59 Å². The number of amides is 1. The first-order chi connectivity index (χ1) is 12.7. The number of hydrogen-bond acceptors (Lipinski definition) is 3. The predicted molar refractivity (Wildman–Crippen MR) is 105 cm³/mol. The molecule has 27 heavy (non-hydrogen) atoms. The van der Waals surface area contributed by atoms with Gasteiger partial charge in [-0.05, 0) is 42.9 Å². The third-order valence-electron chi connectivity index (χ3n) is 4.33. The maximum absolute atomic E-state index is 12.2. The lowest BCUT2D eigenvalue weighted by molar-refractivity contribution is -0.139. The lowest BCUT2D eigenvalue weighted by atomic mass is 9.95. The normalized spacial score (nSPS) is 12.5. The number of carboxylic acids is 1. The van der Waals surface area contributed by atoms with E-state index in [-0.39, 0.29) is 5.92 Å². The molecule has 0 radical (unpaired) electrons. The third kappa shape index (κ3) is 5.84. The van der Waals surface area contributed by atoms with Gasteiger partial charge in [0, 0.05) is 0 Å². The molecule has 2 aromatic carbocycles. The molecule has 1 amide bonds. The monoisotopic (exact) mass is 369 g/mol. The lowest BCUT2D eigenvalue weighted by Crippen LogP contribution is -2.44. The van der Waals surface area contributed by atoms with Crippen LogP contribution in [0.1, 0.15) is 39.7 Å². The van der Waals surface area contributed by atoms with Crippen LogP contribution in [0.4, 0.5) is 4.79 Å². The van der Waals surface area contributed by atoms with Crippen LogP contribution in [0.2, 0.25) is 0 Å². The Bertz CT molecular complexity index is 767. The summed E-state index contributed by atoms with van der Waals surface area (Å²) in [5.74, 6) is -0.921. The van der Waals surface area contributed by atoms with E-state index in [0.717, 1.165) is 16.7 Å². The Labute approximate surface area is 160 Å². The maximum Gasteiger partial charge on any atom is 0.408 e. The molecule has 0 aliphatic carbocycles. The van der Waals surface area contributed by atoms with Crippen molar-refractivity contribution in [2.75, 3.05) is 0 Å². The standard InChI is InChI=1S/C22H27NO4/c1-15(2)14-19(20(24)25)23-21(26)27-22(3,4)18-12-10-17(11-13-18)16-8-6-5-7-9-16/h5-13,15,19H,14H2,1-4H3,(H,23,26)(H,24,25). The number of carboxylic acid groups (broad SMARTS) is 1. The largest absolute Gasteiger partial charge is 0.480 e. The summed E-state index contributed by atoms with van der Waals surface area (Å²) in [5.41, 5.74) is 2.12. The number of alkyl carbamates (subject to hydrolysis) is 1. The molecule has 0 saturated heterocycles. The molecular formula is C22H27NO4. The van der Waals surface area contributed by atoms with Crippen LogP contribution in [0.5, 0.6) is 0 Å². The predicted octanol–water partition coefficient (Wildman–Crippen LogP) is 4.81. The number of hydrogen-bond donors (Lipinski definition) is 2. The fraction of sp³-hybridized carbons (Fsp3) is 0.364. The minimum absolute atomic E-state index is 0.143. The molecule has 1 atom stereocenters. The highest BCUT2D eigenvalue weighted by molar-refractivity contribution is 5.80. The smallest absolute Gasteiger partial charge is 0.408 e. The summed E-state index contributed by atoms with van der Waals surface area (Å²) in [6.07, 6.45) is -0.392. The summed E-state index contributed by atoms with van der Waals surface area (Å²) >= 11 is 0. The van der Waals surface area contributed by atoms with Crippen molar-refractivity contribution in [3.05, 3.63) is 60.2 Å². The summed E-state index contributed by atoms with van der Waals surface area (Å²) in [7, 11) is 0. The number of ether oxygens (including phenoxy) is 1. The minimum atomic E-state index is -1.06. The molecule has 0 saturated carbocycles. The highest BCUT2D eigenvalue weighted by Crippen LogP contribution is 2.28. The van der Waals surface area contributed by atoms with E-state index in [2.05, 4.69) is 5.32 Å². The second-order valence-corrected chi connectivity index (χ2v) is 7.51. The van der Waals surface area contributed by atoms with Crippen molar-refractivity contribution in [2.45, 2.75) is 45.8 Å². The Kier molecular flexibility index (Phi) is 6.61. The summed E-state index contributed by atoms with van der Waals surface area (Å²) in [6, 6.07) is 16.8. The Morgan fingerprint density at radius 1 is 1.00 bits per heavy atom. The van der Waals surface area contributed by atoms with Crippen molar-refractivity contribution < 1.29 is 19.4 Å². The van der Waals surface area contributed by atoms with E-state index in [1.165, 1.54) is 0 Å². The van der Waals surface area contributed by atoms with Crippen molar-refractivity contribution in [3.63, 3.8) is 0 Å². The number of nitrogens with one attached hydrogen (secondary N) is 1. The maximum atomic E-state index is 12.2.